The molecule has 6 nitrogen and oxygen atoms in total. The normalized spacial score (nSPS) is 11.2. The van der Waals surface area contributed by atoms with Crippen LogP contribution in [0, 0.1) is 0 Å². The fourth-order valence-corrected chi connectivity index (χ4v) is 1.73. The lowest BCUT2D eigenvalue weighted by molar-refractivity contribution is 0.0530. The molecule has 0 unspecified atom stereocenters. The van der Waals surface area contributed by atoms with Crippen molar-refractivity contribution in [3.05, 3.63) is 24.3 Å². The number of alkyl carbamates (subject to hydrolysis) is 1. The summed E-state index contributed by atoms with van der Waals surface area (Å²) in [6.07, 6.45) is -0.403. The predicted octanol–water partition coefficient (Wildman–Crippen LogP) is 2.56. The number of carbonyl (C=O) groups excluding carboxylic acids is 1. The van der Waals surface area contributed by atoms with E-state index < -0.39 is 11.7 Å². The Kier molecular flexibility index (Phi) is 7.68. The fraction of sp³-hybridized carbons (Fsp3) is 0.588. The maximum absolute atomic E-state index is 11.5. The predicted molar refractivity (Wildman–Crippen MR) is 93.2 cm³/mol. The van der Waals surface area contributed by atoms with E-state index in [1.165, 1.54) is 0 Å². The monoisotopic (exact) mass is 323 g/mol. The molecule has 0 aliphatic rings. The highest BCUT2D eigenvalue weighted by Gasteiger charge is 2.15. The molecule has 0 fully saturated rings. The van der Waals surface area contributed by atoms with E-state index in [-0.39, 0.29) is 0 Å². The van der Waals surface area contributed by atoms with Crippen molar-refractivity contribution in [2.75, 3.05) is 45.7 Å². The van der Waals surface area contributed by atoms with Crippen molar-refractivity contribution in [3.8, 4) is 5.75 Å². The Morgan fingerprint density at radius 1 is 1.22 bits per heavy atom. The molecule has 1 rings (SSSR count). The molecule has 0 spiro atoms. The second kappa shape index (κ2) is 9.25. The number of nitrogens with one attached hydrogen (secondary N) is 2. The highest BCUT2D eigenvalue weighted by molar-refractivity contribution is 5.67. The first-order valence-corrected chi connectivity index (χ1v) is 7.84. The minimum Gasteiger partial charge on any atom is -0.492 e. The molecule has 0 aliphatic heterocycles. The van der Waals surface area contributed by atoms with Crippen LogP contribution in [0.1, 0.15) is 20.8 Å². The Morgan fingerprint density at radius 2 is 1.96 bits per heavy atom. The van der Waals surface area contributed by atoms with Crippen LogP contribution in [0.3, 0.4) is 0 Å². The third kappa shape index (κ3) is 9.63. The van der Waals surface area contributed by atoms with Crippen molar-refractivity contribution in [1.82, 2.24) is 10.2 Å². The van der Waals surface area contributed by atoms with Crippen LogP contribution in [0.15, 0.2) is 24.3 Å². The third-order valence-electron chi connectivity index (χ3n) is 2.76. The first kappa shape index (κ1) is 19.1. The van der Waals surface area contributed by atoms with Gasteiger partial charge in [0.1, 0.15) is 18.0 Å². The van der Waals surface area contributed by atoms with Crippen molar-refractivity contribution in [2.24, 2.45) is 0 Å². The van der Waals surface area contributed by atoms with E-state index in [0.29, 0.717) is 19.7 Å². The summed E-state index contributed by atoms with van der Waals surface area (Å²) < 4.78 is 10.9. The Labute approximate surface area is 139 Å². The SMILES string of the molecule is CN(C)CCOc1cccc(NCCNC(=O)OC(C)(C)C)c1. The Bertz CT molecular complexity index is 484. The number of amides is 1. The molecule has 0 radical (unpaired) electrons. The maximum Gasteiger partial charge on any atom is 0.407 e. The summed E-state index contributed by atoms with van der Waals surface area (Å²) in [5, 5.41) is 5.95. The van der Waals surface area contributed by atoms with Crippen LogP contribution in [0.25, 0.3) is 0 Å². The number of nitrogens with zero attached hydrogens (tertiary/aromatic N) is 1. The number of benzene rings is 1. The van der Waals surface area contributed by atoms with Gasteiger partial charge in [0.15, 0.2) is 0 Å². The molecule has 0 aromatic heterocycles. The highest BCUT2D eigenvalue weighted by Crippen LogP contribution is 2.17. The zero-order chi connectivity index (χ0) is 17.3. The third-order valence-corrected chi connectivity index (χ3v) is 2.76. The molecule has 0 bridgehead atoms. The molecule has 2 N–H and O–H groups in total. The summed E-state index contributed by atoms with van der Waals surface area (Å²) in [4.78, 5) is 13.6. The van der Waals surface area contributed by atoms with Gasteiger partial charge in [-0.3, -0.25) is 0 Å². The second-order valence-electron chi connectivity index (χ2n) is 6.54. The van der Waals surface area contributed by atoms with Crippen molar-refractivity contribution >= 4 is 11.8 Å². The van der Waals surface area contributed by atoms with E-state index in [4.69, 9.17) is 9.47 Å². The van der Waals surface area contributed by atoms with Crippen molar-refractivity contribution in [2.45, 2.75) is 26.4 Å². The number of rotatable bonds is 8. The zero-order valence-electron chi connectivity index (χ0n) is 14.8. The van der Waals surface area contributed by atoms with Gasteiger partial charge in [0.05, 0.1) is 0 Å². The van der Waals surface area contributed by atoms with E-state index in [2.05, 4.69) is 15.5 Å². The standard InChI is InChI=1S/C17H29N3O3/c1-17(2,3)23-16(21)19-10-9-18-14-7-6-8-15(13-14)22-12-11-20(4)5/h6-8,13,18H,9-12H2,1-5H3,(H,19,21). The van der Waals surface area contributed by atoms with Crippen LogP contribution < -0.4 is 15.4 Å². The van der Waals surface area contributed by atoms with Gasteiger partial charge in [-0.25, -0.2) is 4.79 Å². The molecule has 6 heteroatoms. The van der Waals surface area contributed by atoms with Crippen molar-refractivity contribution in [3.63, 3.8) is 0 Å². The highest BCUT2D eigenvalue weighted by atomic mass is 16.6. The molecule has 0 saturated carbocycles. The molecule has 0 saturated heterocycles. The van der Waals surface area contributed by atoms with Crippen LogP contribution in [0.5, 0.6) is 5.75 Å². The maximum atomic E-state index is 11.5. The lowest BCUT2D eigenvalue weighted by Crippen LogP contribution is -2.34. The van der Waals surface area contributed by atoms with Crippen LogP contribution in [-0.4, -0.2) is 56.9 Å². The van der Waals surface area contributed by atoms with E-state index in [1.807, 2.05) is 59.1 Å². The van der Waals surface area contributed by atoms with Gasteiger partial charge in [0.25, 0.3) is 0 Å². The molecule has 0 heterocycles. The van der Waals surface area contributed by atoms with Gasteiger partial charge in [-0.2, -0.15) is 0 Å². The lowest BCUT2D eigenvalue weighted by atomic mass is 10.2. The number of hydrogen-bond acceptors (Lipinski definition) is 5. The average molecular weight is 323 g/mol. The molecular weight excluding hydrogens is 294 g/mol. The Morgan fingerprint density at radius 3 is 2.61 bits per heavy atom. The number of hydrogen-bond donors (Lipinski definition) is 2. The van der Waals surface area contributed by atoms with E-state index in [0.717, 1.165) is 18.0 Å². The smallest absolute Gasteiger partial charge is 0.407 e. The summed E-state index contributed by atoms with van der Waals surface area (Å²) >= 11 is 0. The van der Waals surface area contributed by atoms with Gasteiger partial charge in [-0.15, -0.1) is 0 Å². The molecule has 1 aromatic rings. The Balaban J connectivity index is 2.28. The van der Waals surface area contributed by atoms with Crippen LogP contribution in [0.4, 0.5) is 10.5 Å². The van der Waals surface area contributed by atoms with E-state index >= 15 is 0 Å². The number of carbonyl (C=O) groups is 1. The lowest BCUT2D eigenvalue weighted by Gasteiger charge is -2.19. The molecule has 130 valence electrons. The average Bonchev–Trinajstić information content (AvgIpc) is 2.42. The Hall–Kier alpha value is -1.95. The molecule has 23 heavy (non-hydrogen) atoms. The quantitative estimate of drug-likeness (QED) is 0.720. The summed E-state index contributed by atoms with van der Waals surface area (Å²) in [6, 6.07) is 7.78. The number of ether oxygens (including phenoxy) is 2. The topological polar surface area (TPSA) is 62.8 Å². The number of likely N-dealkylation sites (N-methyl/N-ethyl adjacent to an activating group) is 1. The van der Waals surface area contributed by atoms with Crippen LogP contribution in [-0.2, 0) is 4.74 Å². The van der Waals surface area contributed by atoms with Gasteiger partial charge in [0.2, 0.25) is 0 Å². The number of anilines is 1. The van der Waals surface area contributed by atoms with E-state index in [1.54, 1.807) is 0 Å². The summed E-state index contributed by atoms with van der Waals surface area (Å²) in [7, 11) is 4.03. The minimum absolute atomic E-state index is 0.403. The first-order valence-electron chi connectivity index (χ1n) is 7.84. The van der Waals surface area contributed by atoms with E-state index in [9.17, 15) is 4.79 Å². The second-order valence-corrected chi connectivity index (χ2v) is 6.54. The van der Waals surface area contributed by atoms with Gasteiger partial charge in [-0.1, -0.05) is 6.07 Å². The van der Waals surface area contributed by atoms with Gasteiger partial charge < -0.3 is 25.0 Å². The summed E-state index contributed by atoms with van der Waals surface area (Å²) in [5.41, 5.74) is 0.480. The van der Waals surface area contributed by atoms with Crippen molar-refractivity contribution in [1.29, 1.82) is 0 Å². The molecule has 1 amide bonds. The van der Waals surface area contributed by atoms with Crippen molar-refractivity contribution < 1.29 is 14.3 Å². The summed E-state index contributed by atoms with van der Waals surface area (Å²) in [5.74, 6) is 0.831. The molecule has 0 aliphatic carbocycles. The molecular formula is C17H29N3O3. The van der Waals surface area contributed by atoms with Gasteiger partial charge >= 0.3 is 6.09 Å². The largest absolute Gasteiger partial charge is 0.492 e. The fourth-order valence-electron chi connectivity index (χ4n) is 1.73. The first-order chi connectivity index (χ1) is 10.8. The van der Waals surface area contributed by atoms with Gasteiger partial charge in [0, 0.05) is 31.4 Å². The van der Waals surface area contributed by atoms with Crippen LogP contribution in [0.2, 0.25) is 0 Å². The minimum atomic E-state index is -0.476. The zero-order valence-corrected chi connectivity index (χ0v) is 14.8. The summed E-state index contributed by atoms with van der Waals surface area (Å²) in [6.45, 7) is 8.14. The molecule has 0 atom stereocenters. The van der Waals surface area contributed by atoms with Crippen LogP contribution >= 0.6 is 0 Å². The van der Waals surface area contributed by atoms with Gasteiger partial charge in [-0.05, 0) is 47.0 Å². The molecule has 1 aromatic carbocycles.